The number of carbonyl (C=O) groups excluding carboxylic acids is 1. The molecule has 0 aliphatic carbocycles. The normalized spacial score (nSPS) is 11.3. The molecule has 0 saturated carbocycles. The van der Waals surface area contributed by atoms with Gasteiger partial charge in [0.05, 0.1) is 37.4 Å². The second kappa shape index (κ2) is 7.92. The Kier molecular flexibility index (Phi) is 5.82. The Hall–Kier alpha value is -1.66. The van der Waals surface area contributed by atoms with Crippen LogP contribution in [0.1, 0.15) is 15.9 Å². The minimum absolute atomic E-state index is 0.147. The van der Waals surface area contributed by atoms with Gasteiger partial charge in [-0.15, -0.1) is 0 Å². The molecule has 0 bridgehead atoms. The van der Waals surface area contributed by atoms with E-state index in [4.69, 9.17) is 23.2 Å². The fourth-order valence-electron chi connectivity index (χ4n) is 2.59. The lowest BCUT2D eigenvalue weighted by molar-refractivity contribution is -0.856. The number of nitrogens with one attached hydrogen (secondary N) is 1. The molecule has 4 nitrogen and oxygen atoms in total. The molecule has 3 aromatic rings. The highest BCUT2D eigenvalue weighted by atomic mass is 35.5. The zero-order valence-corrected chi connectivity index (χ0v) is 17.2. The monoisotopic (exact) mass is 408 g/mol. The molecule has 0 unspecified atom stereocenters. The summed E-state index contributed by atoms with van der Waals surface area (Å²) in [5.74, 6) is -0.147. The van der Waals surface area contributed by atoms with Crippen LogP contribution in [0.25, 0.3) is 10.2 Å². The third-order valence-electron chi connectivity index (χ3n) is 3.95. The smallest absolute Gasteiger partial charge is 0.260 e. The molecule has 1 aromatic heterocycles. The van der Waals surface area contributed by atoms with E-state index in [2.05, 4.69) is 25.1 Å². The number of carbonyl (C=O) groups is 1. The average molecular weight is 409 g/mol. The predicted molar refractivity (Wildman–Crippen MR) is 110 cm³/mol. The minimum Gasteiger partial charge on any atom is -0.338 e. The molecule has 0 spiro atoms. The van der Waals surface area contributed by atoms with Gasteiger partial charge >= 0.3 is 0 Å². The number of anilines is 1. The highest BCUT2D eigenvalue weighted by Gasteiger charge is 2.23. The summed E-state index contributed by atoms with van der Waals surface area (Å²) in [6.45, 7) is 3.41. The SMILES string of the molecule is Cc1ccc2nc(N(CC[NH+](C)C)C(=O)c3cc(Cl)cc(Cl)c3)sc2c1. The van der Waals surface area contributed by atoms with E-state index in [1.807, 2.05) is 19.1 Å². The van der Waals surface area contributed by atoms with E-state index < -0.39 is 0 Å². The van der Waals surface area contributed by atoms with Gasteiger partial charge in [-0.05, 0) is 42.8 Å². The van der Waals surface area contributed by atoms with Crippen molar-refractivity contribution in [2.75, 3.05) is 32.1 Å². The van der Waals surface area contributed by atoms with Gasteiger partial charge in [0.1, 0.15) is 0 Å². The lowest BCUT2D eigenvalue weighted by Gasteiger charge is -2.21. The van der Waals surface area contributed by atoms with Crippen molar-refractivity contribution >= 4 is 55.8 Å². The summed E-state index contributed by atoms with van der Waals surface area (Å²) < 4.78 is 1.07. The molecule has 0 saturated heterocycles. The molecule has 0 atom stereocenters. The first-order valence-corrected chi connectivity index (χ1v) is 9.85. The Morgan fingerprint density at radius 3 is 2.50 bits per heavy atom. The number of hydrogen-bond acceptors (Lipinski definition) is 3. The van der Waals surface area contributed by atoms with Gasteiger partial charge < -0.3 is 4.90 Å². The summed E-state index contributed by atoms with van der Waals surface area (Å²) in [6, 6.07) is 11.0. The van der Waals surface area contributed by atoms with Crippen molar-refractivity contribution in [3.05, 3.63) is 57.6 Å². The van der Waals surface area contributed by atoms with E-state index in [1.54, 1.807) is 23.1 Å². The fourth-order valence-corrected chi connectivity index (χ4v) is 4.20. The lowest BCUT2D eigenvalue weighted by Crippen LogP contribution is -3.06. The number of benzene rings is 2. The number of rotatable bonds is 5. The largest absolute Gasteiger partial charge is 0.338 e. The Balaban J connectivity index is 2.01. The molecular formula is C19H20Cl2N3OS+. The number of fused-ring (bicyclic) bond motifs is 1. The molecule has 0 aliphatic heterocycles. The van der Waals surface area contributed by atoms with Gasteiger partial charge in [-0.3, -0.25) is 9.69 Å². The number of nitrogens with zero attached hydrogens (tertiary/aromatic N) is 2. The number of halogens is 2. The van der Waals surface area contributed by atoms with Crippen molar-refractivity contribution in [1.82, 2.24) is 4.98 Å². The van der Waals surface area contributed by atoms with Crippen LogP contribution >= 0.6 is 34.5 Å². The van der Waals surface area contributed by atoms with Crippen molar-refractivity contribution < 1.29 is 9.69 Å². The Morgan fingerprint density at radius 2 is 1.85 bits per heavy atom. The van der Waals surface area contributed by atoms with Crippen LogP contribution in [0.5, 0.6) is 0 Å². The number of aromatic nitrogens is 1. The van der Waals surface area contributed by atoms with E-state index in [9.17, 15) is 4.79 Å². The van der Waals surface area contributed by atoms with Crippen LogP contribution in [0, 0.1) is 6.92 Å². The van der Waals surface area contributed by atoms with E-state index in [-0.39, 0.29) is 5.91 Å². The van der Waals surface area contributed by atoms with Gasteiger partial charge in [0.15, 0.2) is 5.13 Å². The molecule has 3 rings (SSSR count). The number of quaternary nitrogens is 1. The Bertz CT molecular complexity index is 935. The zero-order valence-electron chi connectivity index (χ0n) is 14.8. The van der Waals surface area contributed by atoms with Gasteiger partial charge in [0.25, 0.3) is 5.91 Å². The second-order valence-electron chi connectivity index (χ2n) is 6.54. The first-order chi connectivity index (χ1) is 12.3. The topological polar surface area (TPSA) is 37.6 Å². The highest BCUT2D eigenvalue weighted by Crippen LogP contribution is 2.31. The number of amides is 1. The predicted octanol–water partition coefficient (Wildman–Crippen LogP) is 3.70. The number of hydrogen-bond donors (Lipinski definition) is 1. The van der Waals surface area contributed by atoms with Crippen molar-refractivity contribution in [3.63, 3.8) is 0 Å². The minimum atomic E-state index is -0.147. The average Bonchev–Trinajstić information content (AvgIpc) is 2.96. The van der Waals surface area contributed by atoms with Crippen LogP contribution in [0.4, 0.5) is 5.13 Å². The van der Waals surface area contributed by atoms with E-state index >= 15 is 0 Å². The van der Waals surface area contributed by atoms with Crippen LogP contribution in [-0.2, 0) is 0 Å². The fraction of sp³-hybridized carbons (Fsp3) is 0.263. The molecule has 0 aliphatic rings. The molecule has 1 N–H and O–H groups in total. The maximum atomic E-state index is 13.2. The van der Waals surface area contributed by atoms with Crippen LogP contribution < -0.4 is 9.80 Å². The first kappa shape index (κ1) is 19.1. The van der Waals surface area contributed by atoms with Gasteiger partial charge in [-0.1, -0.05) is 40.6 Å². The number of thiazole rings is 1. The quantitative estimate of drug-likeness (QED) is 0.698. The maximum absolute atomic E-state index is 13.2. The van der Waals surface area contributed by atoms with Crippen LogP contribution in [0.2, 0.25) is 10.0 Å². The molecule has 0 fully saturated rings. The third kappa shape index (κ3) is 4.35. The standard InChI is InChI=1S/C19H19Cl2N3OS/c1-12-4-5-16-17(8-12)26-19(22-16)24(7-6-23(2)3)18(25)13-9-14(20)11-15(21)10-13/h4-5,8-11H,6-7H2,1-3H3/p+1. The summed E-state index contributed by atoms with van der Waals surface area (Å²) >= 11 is 13.7. The molecule has 136 valence electrons. The molecule has 0 radical (unpaired) electrons. The first-order valence-electron chi connectivity index (χ1n) is 8.27. The van der Waals surface area contributed by atoms with Crippen LogP contribution in [-0.4, -0.2) is 38.1 Å². The number of aryl methyl sites for hydroxylation is 1. The lowest BCUT2D eigenvalue weighted by atomic mass is 10.2. The molecular weight excluding hydrogens is 389 g/mol. The van der Waals surface area contributed by atoms with Crippen molar-refractivity contribution in [3.8, 4) is 0 Å². The maximum Gasteiger partial charge on any atom is 0.260 e. The summed E-state index contributed by atoms with van der Waals surface area (Å²) in [6.07, 6.45) is 0. The van der Waals surface area contributed by atoms with E-state index in [1.165, 1.54) is 21.8 Å². The second-order valence-corrected chi connectivity index (χ2v) is 8.42. The molecule has 1 heterocycles. The molecule has 2 aromatic carbocycles. The van der Waals surface area contributed by atoms with Crippen LogP contribution in [0.3, 0.4) is 0 Å². The molecule has 7 heteroatoms. The Labute approximate surface area is 167 Å². The van der Waals surface area contributed by atoms with Crippen molar-refractivity contribution in [1.29, 1.82) is 0 Å². The van der Waals surface area contributed by atoms with Gasteiger partial charge in [-0.25, -0.2) is 4.98 Å². The zero-order chi connectivity index (χ0) is 18.8. The third-order valence-corrected chi connectivity index (χ3v) is 5.43. The molecule has 1 amide bonds. The highest BCUT2D eigenvalue weighted by molar-refractivity contribution is 7.22. The van der Waals surface area contributed by atoms with Gasteiger partial charge in [0.2, 0.25) is 0 Å². The van der Waals surface area contributed by atoms with Gasteiger partial charge in [0, 0.05) is 15.6 Å². The van der Waals surface area contributed by atoms with Crippen LogP contribution in [0.15, 0.2) is 36.4 Å². The summed E-state index contributed by atoms with van der Waals surface area (Å²) in [4.78, 5) is 20.8. The van der Waals surface area contributed by atoms with Crippen molar-refractivity contribution in [2.45, 2.75) is 6.92 Å². The number of likely N-dealkylation sites (N-methyl/N-ethyl adjacent to an activating group) is 1. The van der Waals surface area contributed by atoms with Gasteiger partial charge in [-0.2, -0.15) is 0 Å². The summed E-state index contributed by atoms with van der Waals surface area (Å²) in [5, 5.41) is 1.57. The van der Waals surface area contributed by atoms with E-state index in [0.717, 1.165) is 16.8 Å². The molecule has 26 heavy (non-hydrogen) atoms. The van der Waals surface area contributed by atoms with Crippen molar-refractivity contribution in [2.24, 2.45) is 0 Å². The summed E-state index contributed by atoms with van der Waals surface area (Å²) in [5.41, 5.74) is 2.53. The Morgan fingerprint density at radius 1 is 1.15 bits per heavy atom. The summed E-state index contributed by atoms with van der Waals surface area (Å²) in [7, 11) is 4.11. The van der Waals surface area contributed by atoms with E-state index in [0.29, 0.717) is 27.3 Å².